The Bertz CT molecular complexity index is 454. The molecule has 0 saturated carbocycles. The fourth-order valence-corrected chi connectivity index (χ4v) is 1.91. The van der Waals surface area contributed by atoms with Crippen LogP contribution in [-0.4, -0.2) is 12.5 Å². The topological polar surface area (TPSA) is 67.2 Å². The first-order chi connectivity index (χ1) is 8.20. The molecule has 1 heterocycles. The van der Waals surface area contributed by atoms with Gasteiger partial charge in [0, 0.05) is 18.7 Å². The van der Waals surface area contributed by atoms with Gasteiger partial charge in [-0.05, 0) is 30.5 Å². The van der Waals surface area contributed by atoms with E-state index in [1.807, 2.05) is 18.2 Å². The smallest absolute Gasteiger partial charge is 0.224 e. The van der Waals surface area contributed by atoms with Crippen LogP contribution >= 0.6 is 0 Å². The third-order valence-electron chi connectivity index (χ3n) is 2.83. The highest BCUT2D eigenvalue weighted by molar-refractivity contribution is 5.95. The Labute approximate surface area is 101 Å². The van der Waals surface area contributed by atoms with Gasteiger partial charge < -0.3 is 16.4 Å². The molecule has 0 radical (unpaired) electrons. The highest BCUT2D eigenvalue weighted by Crippen LogP contribution is 2.30. The fraction of sp³-hybridized carbons (Fsp3) is 0.308. The van der Waals surface area contributed by atoms with Crippen molar-refractivity contribution in [2.45, 2.75) is 19.3 Å². The molecule has 4 N–H and O–H groups in total. The number of hydrogen-bond donors (Lipinski definition) is 3. The van der Waals surface area contributed by atoms with Gasteiger partial charge in [-0.3, -0.25) is 4.79 Å². The SMILES string of the molecule is C=CCCNc1cc2c(cc1N)NC(=O)CC2. The Hall–Kier alpha value is -1.97. The Kier molecular flexibility index (Phi) is 3.32. The first kappa shape index (κ1) is 11.5. The minimum Gasteiger partial charge on any atom is -0.397 e. The molecule has 0 spiro atoms. The van der Waals surface area contributed by atoms with Crippen molar-refractivity contribution in [3.8, 4) is 0 Å². The molecular formula is C13H17N3O. The van der Waals surface area contributed by atoms with Crippen LogP contribution in [0.2, 0.25) is 0 Å². The summed E-state index contributed by atoms with van der Waals surface area (Å²) in [6, 6.07) is 3.84. The van der Waals surface area contributed by atoms with Gasteiger partial charge in [-0.1, -0.05) is 6.08 Å². The van der Waals surface area contributed by atoms with E-state index in [2.05, 4.69) is 17.2 Å². The zero-order valence-electron chi connectivity index (χ0n) is 9.75. The van der Waals surface area contributed by atoms with Gasteiger partial charge in [0.25, 0.3) is 0 Å². The number of carbonyl (C=O) groups is 1. The van der Waals surface area contributed by atoms with E-state index < -0.39 is 0 Å². The van der Waals surface area contributed by atoms with Crippen molar-refractivity contribution >= 4 is 23.0 Å². The molecule has 17 heavy (non-hydrogen) atoms. The molecule has 90 valence electrons. The number of fused-ring (bicyclic) bond motifs is 1. The van der Waals surface area contributed by atoms with E-state index in [1.54, 1.807) is 0 Å². The van der Waals surface area contributed by atoms with Gasteiger partial charge in [0.1, 0.15) is 0 Å². The number of nitrogens with two attached hydrogens (primary N) is 1. The van der Waals surface area contributed by atoms with Crippen LogP contribution in [-0.2, 0) is 11.2 Å². The second kappa shape index (κ2) is 4.91. The number of aryl methyl sites for hydroxylation is 1. The summed E-state index contributed by atoms with van der Waals surface area (Å²) in [4.78, 5) is 11.3. The van der Waals surface area contributed by atoms with E-state index in [-0.39, 0.29) is 5.91 Å². The van der Waals surface area contributed by atoms with Crippen molar-refractivity contribution in [2.24, 2.45) is 0 Å². The van der Waals surface area contributed by atoms with Crippen LogP contribution in [0.1, 0.15) is 18.4 Å². The highest BCUT2D eigenvalue weighted by atomic mass is 16.1. The van der Waals surface area contributed by atoms with Crippen molar-refractivity contribution in [1.82, 2.24) is 0 Å². The third kappa shape index (κ3) is 2.58. The molecule has 0 aromatic heterocycles. The maximum atomic E-state index is 11.3. The third-order valence-corrected chi connectivity index (χ3v) is 2.83. The molecule has 1 aromatic rings. The van der Waals surface area contributed by atoms with Crippen molar-refractivity contribution in [2.75, 3.05) is 22.9 Å². The van der Waals surface area contributed by atoms with E-state index in [4.69, 9.17) is 5.73 Å². The second-order valence-electron chi connectivity index (χ2n) is 4.15. The van der Waals surface area contributed by atoms with Gasteiger partial charge in [0.15, 0.2) is 0 Å². The summed E-state index contributed by atoms with van der Waals surface area (Å²) >= 11 is 0. The molecule has 1 aromatic carbocycles. The van der Waals surface area contributed by atoms with E-state index >= 15 is 0 Å². The number of carbonyl (C=O) groups excluding carboxylic acids is 1. The standard InChI is InChI=1S/C13H17N3O/c1-2-3-6-15-12-7-9-4-5-13(17)16-11(9)8-10(12)14/h2,7-8,15H,1,3-6,14H2,(H,16,17). The lowest BCUT2D eigenvalue weighted by molar-refractivity contribution is -0.116. The van der Waals surface area contributed by atoms with E-state index in [9.17, 15) is 4.79 Å². The molecule has 0 atom stereocenters. The molecule has 0 unspecified atom stereocenters. The summed E-state index contributed by atoms with van der Waals surface area (Å²) in [5.41, 5.74) is 9.51. The number of nitrogens with one attached hydrogen (secondary N) is 2. The average molecular weight is 231 g/mol. The van der Waals surface area contributed by atoms with Gasteiger partial charge >= 0.3 is 0 Å². The van der Waals surface area contributed by atoms with E-state index in [1.165, 1.54) is 0 Å². The van der Waals surface area contributed by atoms with Crippen LogP contribution in [0.3, 0.4) is 0 Å². The lowest BCUT2D eigenvalue weighted by Gasteiger charge is -2.19. The number of nitrogen functional groups attached to an aromatic ring is 1. The van der Waals surface area contributed by atoms with Gasteiger partial charge in [-0.2, -0.15) is 0 Å². The maximum absolute atomic E-state index is 11.3. The number of rotatable bonds is 4. The maximum Gasteiger partial charge on any atom is 0.224 e. The largest absolute Gasteiger partial charge is 0.397 e. The first-order valence-corrected chi connectivity index (χ1v) is 5.77. The van der Waals surface area contributed by atoms with E-state index in [0.29, 0.717) is 12.1 Å². The normalized spacial score (nSPS) is 13.8. The van der Waals surface area contributed by atoms with Crippen LogP contribution in [0.4, 0.5) is 17.1 Å². The predicted octanol–water partition coefficient (Wildman–Crippen LogP) is 2.14. The predicted molar refractivity (Wildman–Crippen MR) is 71.1 cm³/mol. The van der Waals surface area contributed by atoms with Crippen LogP contribution in [0.5, 0.6) is 0 Å². The van der Waals surface area contributed by atoms with Crippen molar-refractivity contribution < 1.29 is 4.79 Å². The lowest BCUT2D eigenvalue weighted by Crippen LogP contribution is -2.19. The Balaban J connectivity index is 2.18. The van der Waals surface area contributed by atoms with Crippen LogP contribution in [0, 0.1) is 0 Å². The molecule has 1 aliphatic heterocycles. The van der Waals surface area contributed by atoms with Crippen molar-refractivity contribution in [3.05, 3.63) is 30.4 Å². The summed E-state index contributed by atoms with van der Waals surface area (Å²) in [6.45, 7) is 4.49. The monoisotopic (exact) mass is 231 g/mol. The average Bonchev–Trinajstić information content (AvgIpc) is 2.30. The zero-order valence-corrected chi connectivity index (χ0v) is 9.75. The Morgan fingerprint density at radius 3 is 3.06 bits per heavy atom. The van der Waals surface area contributed by atoms with Crippen LogP contribution in [0.15, 0.2) is 24.8 Å². The summed E-state index contributed by atoms with van der Waals surface area (Å²) in [5, 5.41) is 6.10. The molecule has 4 nitrogen and oxygen atoms in total. The number of benzene rings is 1. The molecule has 1 aliphatic rings. The summed E-state index contributed by atoms with van der Waals surface area (Å²) in [7, 11) is 0. The molecular weight excluding hydrogens is 214 g/mol. The number of hydrogen-bond acceptors (Lipinski definition) is 3. The molecule has 0 aliphatic carbocycles. The summed E-state index contributed by atoms with van der Waals surface area (Å²) in [6.07, 6.45) is 4.08. The molecule has 1 amide bonds. The lowest BCUT2D eigenvalue weighted by atomic mass is 10.0. The minimum absolute atomic E-state index is 0.0595. The zero-order chi connectivity index (χ0) is 12.3. The van der Waals surface area contributed by atoms with Gasteiger partial charge in [-0.15, -0.1) is 6.58 Å². The molecule has 0 fully saturated rings. The van der Waals surface area contributed by atoms with Crippen LogP contribution < -0.4 is 16.4 Å². The quantitative estimate of drug-likeness (QED) is 0.422. The number of anilines is 3. The van der Waals surface area contributed by atoms with E-state index in [0.717, 1.165) is 36.3 Å². The number of amides is 1. The fourth-order valence-electron chi connectivity index (χ4n) is 1.91. The van der Waals surface area contributed by atoms with Gasteiger partial charge in [0.2, 0.25) is 5.91 Å². The van der Waals surface area contributed by atoms with Gasteiger partial charge in [0.05, 0.1) is 11.4 Å². The van der Waals surface area contributed by atoms with Crippen LogP contribution in [0.25, 0.3) is 0 Å². The minimum atomic E-state index is 0.0595. The molecule has 2 rings (SSSR count). The highest BCUT2D eigenvalue weighted by Gasteiger charge is 2.16. The molecule has 0 saturated heterocycles. The summed E-state index contributed by atoms with van der Waals surface area (Å²) in [5.74, 6) is 0.0595. The first-order valence-electron chi connectivity index (χ1n) is 5.77. The summed E-state index contributed by atoms with van der Waals surface area (Å²) < 4.78 is 0. The molecule has 4 heteroatoms. The Morgan fingerprint density at radius 1 is 1.47 bits per heavy atom. The van der Waals surface area contributed by atoms with Crippen molar-refractivity contribution in [3.63, 3.8) is 0 Å². The second-order valence-corrected chi connectivity index (χ2v) is 4.15. The Morgan fingerprint density at radius 2 is 2.29 bits per heavy atom. The van der Waals surface area contributed by atoms with Gasteiger partial charge in [-0.25, -0.2) is 0 Å². The molecule has 0 bridgehead atoms. The van der Waals surface area contributed by atoms with Crippen molar-refractivity contribution in [1.29, 1.82) is 0 Å².